The third kappa shape index (κ3) is 5.58. The summed E-state index contributed by atoms with van der Waals surface area (Å²) in [4.78, 5) is 31.7. The Morgan fingerprint density at radius 2 is 1.83 bits per heavy atom. The number of pyridine rings is 1. The molecule has 1 N–H and O–H groups in total. The van der Waals surface area contributed by atoms with Crippen LogP contribution in [0.2, 0.25) is 0 Å². The molecule has 30 heavy (non-hydrogen) atoms. The number of carbonyl (C=O) groups is 2. The van der Waals surface area contributed by atoms with Gasteiger partial charge in [0.2, 0.25) is 5.91 Å². The maximum atomic E-state index is 12.9. The van der Waals surface area contributed by atoms with Crippen molar-refractivity contribution in [2.75, 3.05) is 29.9 Å². The van der Waals surface area contributed by atoms with Gasteiger partial charge in [-0.1, -0.05) is 25.0 Å². The first-order valence-electron chi connectivity index (χ1n) is 10.6. The molecular weight excluding hydrogens is 414 g/mol. The molecule has 0 atom stereocenters. The van der Waals surface area contributed by atoms with E-state index in [2.05, 4.69) is 10.3 Å². The lowest BCUT2D eigenvalue weighted by atomic mass is 10.1. The smallest absolute Gasteiger partial charge is 0.258 e. The average molecular weight is 442 g/mol. The first-order valence-corrected chi connectivity index (χ1v) is 12.6. The molecule has 0 spiro atoms. The van der Waals surface area contributed by atoms with Crippen molar-refractivity contribution >= 4 is 41.0 Å². The summed E-state index contributed by atoms with van der Waals surface area (Å²) in [5.74, 6) is 2.08. The number of aromatic nitrogens is 1. The fraction of sp³-hybridized carbons (Fsp3) is 0.435. The Balaban J connectivity index is 1.36. The van der Waals surface area contributed by atoms with Crippen LogP contribution in [0.25, 0.3) is 0 Å². The molecular formula is C23H27N3O2S2. The number of nitrogens with zero attached hydrogens (tertiary/aromatic N) is 2. The van der Waals surface area contributed by atoms with Crippen LogP contribution in [0, 0.1) is 0 Å². The lowest BCUT2D eigenvalue weighted by Crippen LogP contribution is -2.38. The molecule has 2 heterocycles. The monoisotopic (exact) mass is 441 g/mol. The summed E-state index contributed by atoms with van der Waals surface area (Å²) in [5.41, 5.74) is 2.32. The minimum absolute atomic E-state index is 0.141. The zero-order valence-corrected chi connectivity index (χ0v) is 18.6. The molecule has 1 aliphatic carbocycles. The summed E-state index contributed by atoms with van der Waals surface area (Å²) in [6.45, 7) is 1.67. The Labute approximate surface area is 186 Å². The van der Waals surface area contributed by atoms with E-state index in [4.69, 9.17) is 0 Å². The zero-order chi connectivity index (χ0) is 20.8. The maximum absolute atomic E-state index is 12.9. The Morgan fingerprint density at radius 1 is 1.10 bits per heavy atom. The topological polar surface area (TPSA) is 62.3 Å². The number of amides is 2. The van der Waals surface area contributed by atoms with Gasteiger partial charge in [0.25, 0.3) is 5.91 Å². The van der Waals surface area contributed by atoms with Gasteiger partial charge in [0.1, 0.15) is 5.03 Å². The Bertz CT molecular complexity index is 876. The number of thioether (sulfide) groups is 2. The van der Waals surface area contributed by atoms with Crippen LogP contribution in [-0.4, -0.2) is 51.5 Å². The van der Waals surface area contributed by atoms with Crippen LogP contribution in [-0.2, 0) is 11.2 Å². The van der Waals surface area contributed by atoms with Crippen molar-refractivity contribution in [2.45, 2.75) is 42.4 Å². The van der Waals surface area contributed by atoms with E-state index in [0.29, 0.717) is 17.2 Å². The molecule has 1 aromatic carbocycles. The van der Waals surface area contributed by atoms with Crippen LogP contribution in [0.4, 0.5) is 5.69 Å². The van der Waals surface area contributed by atoms with Crippen molar-refractivity contribution in [3.05, 3.63) is 53.7 Å². The van der Waals surface area contributed by atoms with Crippen molar-refractivity contribution in [1.29, 1.82) is 0 Å². The largest absolute Gasteiger partial charge is 0.341 e. The van der Waals surface area contributed by atoms with Gasteiger partial charge in [0, 0.05) is 41.7 Å². The lowest BCUT2D eigenvalue weighted by Gasteiger charge is -2.26. The molecule has 1 aromatic heterocycles. The van der Waals surface area contributed by atoms with Gasteiger partial charge >= 0.3 is 0 Å². The molecule has 2 aromatic rings. The molecule has 7 heteroatoms. The van der Waals surface area contributed by atoms with Gasteiger partial charge in [-0.25, -0.2) is 4.98 Å². The van der Waals surface area contributed by atoms with Gasteiger partial charge in [-0.2, -0.15) is 11.8 Å². The second-order valence-corrected chi connectivity index (χ2v) is 10.2. The first kappa shape index (κ1) is 21.2. The molecule has 1 saturated heterocycles. The number of benzene rings is 1. The molecule has 4 rings (SSSR count). The van der Waals surface area contributed by atoms with E-state index in [0.717, 1.165) is 40.9 Å². The summed E-state index contributed by atoms with van der Waals surface area (Å²) >= 11 is 3.62. The SMILES string of the molecule is O=C(Nc1ccc(CC(=O)N2CCSCC2)cc1)c1cccnc1SC1CCCC1. The summed E-state index contributed by atoms with van der Waals surface area (Å²) in [7, 11) is 0. The fourth-order valence-corrected chi connectivity index (χ4v) is 6.02. The predicted molar refractivity (Wildman–Crippen MR) is 124 cm³/mol. The minimum Gasteiger partial charge on any atom is -0.341 e. The second-order valence-electron chi connectivity index (χ2n) is 7.70. The van der Waals surface area contributed by atoms with Gasteiger partial charge in [0.05, 0.1) is 12.0 Å². The summed E-state index contributed by atoms with van der Waals surface area (Å²) in [6.07, 6.45) is 7.07. The fourth-order valence-electron chi connectivity index (χ4n) is 3.83. The minimum atomic E-state index is -0.141. The van der Waals surface area contributed by atoms with Crippen LogP contribution < -0.4 is 5.32 Å². The van der Waals surface area contributed by atoms with Crippen LogP contribution >= 0.6 is 23.5 Å². The Hall–Kier alpha value is -1.99. The third-order valence-electron chi connectivity index (χ3n) is 5.53. The number of carbonyl (C=O) groups excluding carboxylic acids is 2. The molecule has 1 aliphatic heterocycles. The second kappa shape index (κ2) is 10.4. The van der Waals surface area contributed by atoms with Crippen molar-refractivity contribution in [2.24, 2.45) is 0 Å². The van der Waals surface area contributed by atoms with Crippen molar-refractivity contribution in [1.82, 2.24) is 9.88 Å². The summed E-state index contributed by atoms with van der Waals surface area (Å²) in [5, 5.41) is 4.34. The maximum Gasteiger partial charge on any atom is 0.258 e. The van der Waals surface area contributed by atoms with E-state index in [1.165, 1.54) is 25.7 Å². The summed E-state index contributed by atoms with van der Waals surface area (Å²) in [6, 6.07) is 11.2. The van der Waals surface area contributed by atoms with Gasteiger partial charge in [-0.05, 0) is 42.7 Å². The molecule has 0 unspecified atom stereocenters. The van der Waals surface area contributed by atoms with Gasteiger partial charge in [0.15, 0.2) is 0 Å². The van der Waals surface area contributed by atoms with Gasteiger partial charge in [-0.3, -0.25) is 9.59 Å². The number of anilines is 1. The highest BCUT2D eigenvalue weighted by atomic mass is 32.2. The van der Waals surface area contributed by atoms with E-state index in [1.807, 2.05) is 47.0 Å². The van der Waals surface area contributed by atoms with Crippen LogP contribution in [0.3, 0.4) is 0 Å². The van der Waals surface area contributed by atoms with Crippen LogP contribution in [0.1, 0.15) is 41.6 Å². The number of rotatable bonds is 6. The highest BCUT2D eigenvalue weighted by Crippen LogP contribution is 2.35. The van der Waals surface area contributed by atoms with E-state index in [1.54, 1.807) is 24.0 Å². The number of nitrogens with one attached hydrogen (secondary N) is 1. The van der Waals surface area contributed by atoms with E-state index >= 15 is 0 Å². The highest BCUT2D eigenvalue weighted by Gasteiger charge is 2.21. The van der Waals surface area contributed by atoms with E-state index in [-0.39, 0.29) is 11.8 Å². The molecule has 0 radical (unpaired) electrons. The average Bonchev–Trinajstić information content (AvgIpc) is 3.29. The predicted octanol–water partition coefficient (Wildman–Crippen LogP) is 4.49. The van der Waals surface area contributed by atoms with Crippen LogP contribution in [0.5, 0.6) is 0 Å². The van der Waals surface area contributed by atoms with Crippen LogP contribution in [0.15, 0.2) is 47.6 Å². The van der Waals surface area contributed by atoms with Crippen molar-refractivity contribution < 1.29 is 9.59 Å². The standard InChI is InChI=1S/C23H27N3O2S2/c27-21(26-12-14-29-15-13-26)16-17-7-9-18(10-8-17)25-22(28)20-6-3-11-24-23(20)30-19-4-1-2-5-19/h3,6-11,19H,1-2,4-5,12-16H2,(H,25,28). The number of hydrogen-bond donors (Lipinski definition) is 1. The van der Waals surface area contributed by atoms with Crippen molar-refractivity contribution in [3.8, 4) is 0 Å². The first-order chi connectivity index (χ1) is 14.7. The molecule has 2 aliphatic rings. The molecule has 1 saturated carbocycles. The lowest BCUT2D eigenvalue weighted by molar-refractivity contribution is -0.130. The molecule has 5 nitrogen and oxygen atoms in total. The Morgan fingerprint density at radius 3 is 2.57 bits per heavy atom. The molecule has 158 valence electrons. The molecule has 0 bridgehead atoms. The van der Waals surface area contributed by atoms with E-state index < -0.39 is 0 Å². The summed E-state index contributed by atoms with van der Waals surface area (Å²) < 4.78 is 0. The van der Waals surface area contributed by atoms with Crippen molar-refractivity contribution in [3.63, 3.8) is 0 Å². The van der Waals surface area contributed by atoms with Gasteiger partial charge < -0.3 is 10.2 Å². The zero-order valence-electron chi connectivity index (χ0n) is 17.0. The quantitative estimate of drug-likeness (QED) is 0.716. The number of hydrogen-bond acceptors (Lipinski definition) is 5. The normalized spacial score (nSPS) is 17.1. The Kier molecular flexibility index (Phi) is 7.33. The third-order valence-corrected chi connectivity index (χ3v) is 7.82. The molecule has 2 amide bonds. The molecule has 2 fully saturated rings. The van der Waals surface area contributed by atoms with E-state index in [9.17, 15) is 9.59 Å². The highest BCUT2D eigenvalue weighted by molar-refractivity contribution is 8.00. The van der Waals surface area contributed by atoms with Gasteiger partial charge in [-0.15, -0.1) is 11.8 Å².